The second-order valence-electron chi connectivity index (χ2n) is 8.60. The Kier molecular flexibility index (Phi) is 5.99. The molecule has 8 nitrogen and oxygen atoms in total. The van der Waals surface area contributed by atoms with Crippen molar-refractivity contribution in [3.63, 3.8) is 0 Å². The molecule has 4 heterocycles. The van der Waals surface area contributed by atoms with Crippen LogP contribution in [0.1, 0.15) is 36.8 Å². The van der Waals surface area contributed by atoms with Crippen LogP contribution in [-0.4, -0.2) is 60.8 Å². The third-order valence-corrected chi connectivity index (χ3v) is 6.70. The van der Waals surface area contributed by atoms with Crippen molar-refractivity contribution in [2.45, 2.75) is 38.3 Å². The van der Waals surface area contributed by atoms with Crippen molar-refractivity contribution in [2.75, 3.05) is 18.1 Å². The predicted octanol–water partition coefficient (Wildman–Crippen LogP) is 3.06. The Labute approximate surface area is 191 Å². The van der Waals surface area contributed by atoms with Crippen molar-refractivity contribution in [1.82, 2.24) is 25.1 Å². The summed E-state index contributed by atoms with van der Waals surface area (Å²) in [7, 11) is 0. The summed E-state index contributed by atoms with van der Waals surface area (Å²) in [6.45, 7) is 4.05. The standard InChI is InChI=1S/C21H22F3N5O3S/c1-20(2,31)17-12-4-11(19(30)27-21(3)9-33-10-21)6-26-18(12)29(28-17)14-5-16(25-7-13(14)22)32-8-15(23)24/h4-7,15,31H,8-10H2,1-3H3,(H,27,30). The van der Waals surface area contributed by atoms with Gasteiger partial charge < -0.3 is 15.2 Å². The first kappa shape index (κ1) is 23.3. The van der Waals surface area contributed by atoms with Crippen molar-refractivity contribution in [3.05, 3.63) is 41.6 Å². The summed E-state index contributed by atoms with van der Waals surface area (Å²) in [6.07, 6.45) is -0.557. The number of carbonyl (C=O) groups excluding carboxylic acids is 1. The van der Waals surface area contributed by atoms with Crippen LogP contribution in [0, 0.1) is 5.82 Å². The zero-order chi connectivity index (χ0) is 24.0. The number of hydrogen-bond acceptors (Lipinski definition) is 7. The first-order valence-electron chi connectivity index (χ1n) is 10.1. The van der Waals surface area contributed by atoms with Gasteiger partial charge in [-0.3, -0.25) is 4.79 Å². The van der Waals surface area contributed by atoms with Crippen LogP contribution in [-0.2, 0) is 5.60 Å². The topological polar surface area (TPSA) is 102 Å². The highest BCUT2D eigenvalue weighted by Crippen LogP contribution is 2.32. The smallest absolute Gasteiger partial charge is 0.272 e. The van der Waals surface area contributed by atoms with Gasteiger partial charge in [0, 0.05) is 29.2 Å². The van der Waals surface area contributed by atoms with E-state index in [1.54, 1.807) is 11.8 Å². The van der Waals surface area contributed by atoms with Gasteiger partial charge in [-0.2, -0.15) is 16.9 Å². The molecular weight excluding hydrogens is 459 g/mol. The number of hydrogen-bond donors (Lipinski definition) is 2. The number of ether oxygens (including phenoxy) is 1. The van der Waals surface area contributed by atoms with E-state index in [0.717, 1.165) is 28.5 Å². The normalized spacial score (nSPS) is 15.5. The van der Waals surface area contributed by atoms with E-state index in [1.807, 2.05) is 6.92 Å². The number of amides is 1. The molecule has 0 aliphatic carbocycles. The van der Waals surface area contributed by atoms with Gasteiger partial charge in [0.2, 0.25) is 5.88 Å². The van der Waals surface area contributed by atoms with E-state index in [0.29, 0.717) is 5.39 Å². The minimum atomic E-state index is -2.72. The van der Waals surface area contributed by atoms with Gasteiger partial charge >= 0.3 is 0 Å². The lowest BCUT2D eigenvalue weighted by Crippen LogP contribution is -2.55. The molecule has 3 aromatic rings. The third-order valence-electron chi connectivity index (χ3n) is 5.02. The molecule has 0 saturated carbocycles. The van der Waals surface area contributed by atoms with E-state index < -0.39 is 24.5 Å². The largest absolute Gasteiger partial charge is 0.472 e. The first-order chi connectivity index (χ1) is 15.5. The number of thioether (sulfide) groups is 1. The monoisotopic (exact) mass is 481 g/mol. The molecule has 0 radical (unpaired) electrons. The van der Waals surface area contributed by atoms with E-state index in [-0.39, 0.29) is 39.9 Å². The average Bonchev–Trinajstić information content (AvgIpc) is 3.11. The van der Waals surface area contributed by atoms with Gasteiger partial charge in [-0.05, 0) is 26.8 Å². The molecule has 0 aromatic carbocycles. The molecule has 1 aliphatic rings. The van der Waals surface area contributed by atoms with Gasteiger partial charge in [-0.15, -0.1) is 0 Å². The molecule has 1 saturated heterocycles. The van der Waals surface area contributed by atoms with Gasteiger partial charge in [0.1, 0.15) is 17.0 Å². The number of nitrogens with zero attached hydrogens (tertiary/aromatic N) is 4. The molecule has 0 atom stereocenters. The summed E-state index contributed by atoms with van der Waals surface area (Å²) in [4.78, 5) is 20.7. The highest BCUT2D eigenvalue weighted by atomic mass is 32.2. The summed E-state index contributed by atoms with van der Waals surface area (Å²) < 4.78 is 45.6. The molecule has 0 bridgehead atoms. The van der Waals surface area contributed by atoms with E-state index in [4.69, 9.17) is 4.74 Å². The molecule has 1 fully saturated rings. The molecule has 0 unspecified atom stereocenters. The Morgan fingerprint density at radius 1 is 1.33 bits per heavy atom. The maximum atomic E-state index is 14.6. The molecule has 1 aliphatic heterocycles. The van der Waals surface area contributed by atoms with Crippen molar-refractivity contribution in [1.29, 1.82) is 0 Å². The first-order valence-corrected chi connectivity index (χ1v) is 11.2. The molecule has 1 amide bonds. The third kappa shape index (κ3) is 4.76. The summed E-state index contributed by atoms with van der Waals surface area (Å²) in [5, 5.41) is 18.3. The van der Waals surface area contributed by atoms with E-state index in [2.05, 4.69) is 20.4 Å². The number of nitrogens with one attached hydrogen (secondary N) is 1. The maximum absolute atomic E-state index is 14.6. The quantitative estimate of drug-likeness (QED) is 0.535. The van der Waals surface area contributed by atoms with Crippen LogP contribution in [0.3, 0.4) is 0 Å². The fourth-order valence-electron chi connectivity index (χ4n) is 3.37. The lowest BCUT2D eigenvalue weighted by atomic mass is 10.0. The fraction of sp³-hybridized carbons (Fsp3) is 0.429. The number of alkyl halides is 2. The Hall–Kier alpha value is -2.86. The summed E-state index contributed by atoms with van der Waals surface area (Å²) in [5.74, 6) is 0.268. The summed E-state index contributed by atoms with van der Waals surface area (Å²) in [6, 6.07) is 2.66. The minimum absolute atomic E-state index is 0.154. The highest BCUT2D eigenvalue weighted by molar-refractivity contribution is 8.00. The van der Waals surface area contributed by atoms with Gasteiger partial charge in [-0.1, -0.05) is 0 Å². The van der Waals surface area contributed by atoms with E-state index in [9.17, 15) is 23.1 Å². The Morgan fingerprint density at radius 3 is 2.67 bits per heavy atom. The number of fused-ring (bicyclic) bond motifs is 1. The Morgan fingerprint density at radius 2 is 2.06 bits per heavy atom. The van der Waals surface area contributed by atoms with Crippen LogP contribution in [0.5, 0.6) is 5.88 Å². The Bertz CT molecular complexity index is 1210. The van der Waals surface area contributed by atoms with E-state index in [1.165, 1.54) is 26.1 Å². The highest BCUT2D eigenvalue weighted by Gasteiger charge is 2.35. The van der Waals surface area contributed by atoms with Crippen LogP contribution in [0.4, 0.5) is 13.2 Å². The molecule has 12 heteroatoms. The van der Waals surface area contributed by atoms with Gasteiger partial charge in [0.05, 0.1) is 17.3 Å². The zero-order valence-corrected chi connectivity index (χ0v) is 18.9. The summed E-state index contributed by atoms with van der Waals surface area (Å²) >= 11 is 1.73. The second kappa shape index (κ2) is 8.49. The number of rotatable bonds is 7. The molecule has 176 valence electrons. The van der Waals surface area contributed by atoms with Gasteiger partial charge in [0.25, 0.3) is 12.3 Å². The van der Waals surface area contributed by atoms with Crippen LogP contribution in [0.15, 0.2) is 24.5 Å². The van der Waals surface area contributed by atoms with Crippen molar-refractivity contribution < 1.29 is 27.8 Å². The molecule has 3 aromatic heterocycles. The van der Waals surface area contributed by atoms with Gasteiger partial charge in [-0.25, -0.2) is 27.8 Å². The molecule has 0 spiro atoms. The van der Waals surface area contributed by atoms with Gasteiger partial charge in [0.15, 0.2) is 18.1 Å². The molecular formula is C21H22F3N5O3S. The Balaban J connectivity index is 1.79. The van der Waals surface area contributed by atoms with Crippen LogP contribution < -0.4 is 10.1 Å². The van der Waals surface area contributed by atoms with Crippen molar-refractivity contribution in [2.24, 2.45) is 0 Å². The predicted molar refractivity (Wildman–Crippen MR) is 117 cm³/mol. The average molecular weight is 482 g/mol. The van der Waals surface area contributed by atoms with E-state index >= 15 is 0 Å². The fourth-order valence-corrected chi connectivity index (χ4v) is 4.33. The number of aromatic nitrogens is 4. The molecule has 4 rings (SSSR count). The van der Waals surface area contributed by atoms with Crippen molar-refractivity contribution >= 4 is 28.7 Å². The van der Waals surface area contributed by atoms with Crippen molar-refractivity contribution in [3.8, 4) is 11.6 Å². The van der Waals surface area contributed by atoms with Crippen LogP contribution >= 0.6 is 11.8 Å². The number of aliphatic hydroxyl groups is 1. The SMILES string of the molecule is CC1(NC(=O)c2cnc3c(c2)c(C(C)(C)O)nn3-c2cc(OCC(F)F)ncc2F)CSC1. The zero-order valence-electron chi connectivity index (χ0n) is 18.1. The lowest BCUT2D eigenvalue weighted by Gasteiger charge is -2.38. The van der Waals surface area contributed by atoms with Crippen LogP contribution in [0.25, 0.3) is 16.7 Å². The van der Waals surface area contributed by atoms with Crippen LogP contribution in [0.2, 0.25) is 0 Å². The molecule has 2 N–H and O–H groups in total. The number of carbonyl (C=O) groups is 1. The minimum Gasteiger partial charge on any atom is -0.472 e. The maximum Gasteiger partial charge on any atom is 0.272 e. The number of pyridine rings is 2. The molecule has 33 heavy (non-hydrogen) atoms. The summed E-state index contributed by atoms with van der Waals surface area (Å²) in [5.41, 5.74) is -1.31. The number of halogens is 3. The lowest BCUT2D eigenvalue weighted by molar-refractivity contribution is 0.0747. The second-order valence-corrected chi connectivity index (χ2v) is 9.58.